The summed E-state index contributed by atoms with van der Waals surface area (Å²) >= 11 is 6.84. The molecule has 2 N–H and O–H groups in total. The summed E-state index contributed by atoms with van der Waals surface area (Å²) in [4.78, 5) is 5.51. The highest BCUT2D eigenvalue weighted by Crippen LogP contribution is 2.22. The van der Waals surface area contributed by atoms with Crippen molar-refractivity contribution in [1.82, 2.24) is 0 Å². The molecule has 0 saturated carbocycles. The van der Waals surface area contributed by atoms with E-state index in [1.165, 1.54) is 22.9 Å². The van der Waals surface area contributed by atoms with Crippen LogP contribution in [0.25, 0.3) is 0 Å². The van der Waals surface area contributed by atoms with Crippen molar-refractivity contribution in [2.24, 2.45) is 22.1 Å². The average Bonchev–Trinajstić information content (AvgIpc) is 2.70. The van der Waals surface area contributed by atoms with Crippen LogP contribution >= 0.6 is 24.0 Å². The van der Waals surface area contributed by atoms with E-state index in [1.807, 2.05) is 13.8 Å². The van der Waals surface area contributed by atoms with Gasteiger partial charge in [-0.1, -0.05) is 128 Å². The van der Waals surface area contributed by atoms with Crippen LogP contribution in [0.4, 0.5) is 0 Å². The molecule has 1 unspecified atom stereocenters. The normalized spacial score (nSPS) is 12.7. The molecule has 0 amide bonds. The van der Waals surface area contributed by atoms with E-state index in [-0.39, 0.29) is 0 Å². The maximum Gasteiger partial charge on any atom is 0.166 e. The van der Waals surface area contributed by atoms with Gasteiger partial charge in [0.25, 0.3) is 0 Å². The number of nitrogens with zero attached hydrogens (tertiary/aromatic N) is 1. The van der Waals surface area contributed by atoms with Crippen LogP contribution in [0.3, 0.4) is 0 Å². The predicted molar refractivity (Wildman–Crippen MR) is 149 cm³/mol. The van der Waals surface area contributed by atoms with Gasteiger partial charge in [-0.05, 0) is 49.3 Å². The van der Waals surface area contributed by atoms with Gasteiger partial charge in [-0.15, -0.1) is 0 Å². The van der Waals surface area contributed by atoms with Crippen molar-refractivity contribution >= 4 is 34.1 Å². The molecule has 0 aromatic heterocycles. The van der Waals surface area contributed by atoms with E-state index in [9.17, 15) is 0 Å². The molecule has 0 aliphatic rings. The molecule has 1 atom stereocenters. The molecule has 0 heterocycles. The van der Waals surface area contributed by atoms with E-state index in [0.29, 0.717) is 21.5 Å². The van der Waals surface area contributed by atoms with Crippen LogP contribution in [-0.2, 0) is 0 Å². The number of benzene rings is 1. The van der Waals surface area contributed by atoms with Gasteiger partial charge in [-0.25, -0.2) is 4.99 Å². The molecule has 1 rings (SSSR count). The number of aliphatic imine (C=N–C) groups is 1. The number of amidine groups is 1. The minimum absolute atomic E-state index is 0.306. The van der Waals surface area contributed by atoms with Crippen LogP contribution < -0.4 is 5.73 Å². The van der Waals surface area contributed by atoms with Crippen molar-refractivity contribution in [3.63, 3.8) is 0 Å². The zero-order valence-electron chi connectivity index (χ0n) is 21.6. The number of thiocarbonyl (C=S) groups is 1. The maximum atomic E-state index is 6.17. The molecule has 1 aromatic rings. The third-order valence-electron chi connectivity index (χ3n) is 4.70. The van der Waals surface area contributed by atoms with E-state index in [2.05, 4.69) is 97.3 Å². The highest BCUT2D eigenvalue weighted by molar-refractivity contribution is 8.23. The van der Waals surface area contributed by atoms with Gasteiger partial charge in [0.15, 0.2) is 4.32 Å². The molecule has 0 aliphatic carbocycles. The fourth-order valence-electron chi connectivity index (χ4n) is 1.93. The number of aryl methyl sites for hydroxylation is 1. The molecule has 2 nitrogen and oxygen atoms in total. The average molecular weight is 463 g/mol. The number of allylic oxidation sites excluding steroid dienone is 2. The smallest absolute Gasteiger partial charge is 0.166 e. The molecular weight excluding hydrogens is 416 g/mol. The van der Waals surface area contributed by atoms with Crippen molar-refractivity contribution in [1.29, 1.82) is 0 Å². The van der Waals surface area contributed by atoms with Gasteiger partial charge in [-0.2, -0.15) is 0 Å². The Labute approximate surface area is 202 Å². The van der Waals surface area contributed by atoms with Crippen LogP contribution in [0.15, 0.2) is 58.0 Å². The van der Waals surface area contributed by atoms with Gasteiger partial charge < -0.3 is 5.73 Å². The molecule has 0 fully saturated rings. The summed E-state index contributed by atoms with van der Waals surface area (Å²) in [6, 6.07) is 8.26. The Hall–Kier alpha value is -1.39. The number of rotatable bonds is 6. The summed E-state index contributed by atoms with van der Waals surface area (Å²) in [6.45, 7) is 25.0. The number of thioether (sulfide) groups is 1. The van der Waals surface area contributed by atoms with Crippen LogP contribution in [-0.4, -0.2) is 10.2 Å². The third-order valence-corrected chi connectivity index (χ3v) is 5.81. The second-order valence-corrected chi connectivity index (χ2v) is 10.2. The number of nitrogens with two attached hydrogens (primary N) is 1. The van der Waals surface area contributed by atoms with Gasteiger partial charge in [0.2, 0.25) is 0 Å². The molecule has 31 heavy (non-hydrogen) atoms. The SMILES string of the molecule is C=C(C)C(C)(C)C.CC.CCCC(=C\C(C)CC)/C(N)=N/C(=S)Sc1ccc(C)cc1. The lowest BCUT2D eigenvalue weighted by Gasteiger charge is -2.16. The second-order valence-electron chi connectivity index (χ2n) is 8.54. The Morgan fingerprint density at radius 3 is 2.06 bits per heavy atom. The lowest BCUT2D eigenvalue weighted by atomic mass is 9.89. The maximum absolute atomic E-state index is 6.17. The van der Waals surface area contributed by atoms with E-state index < -0.39 is 0 Å². The summed E-state index contributed by atoms with van der Waals surface area (Å²) < 4.78 is 0.563. The highest BCUT2D eigenvalue weighted by Gasteiger charge is 2.09. The summed E-state index contributed by atoms with van der Waals surface area (Å²) in [5.74, 6) is 1.07. The second kappa shape index (κ2) is 17.2. The predicted octanol–water partition coefficient (Wildman–Crippen LogP) is 9.14. The molecule has 0 saturated heterocycles. The van der Waals surface area contributed by atoms with Crippen molar-refractivity contribution < 1.29 is 0 Å². The van der Waals surface area contributed by atoms with Crippen LogP contribution in [0, 0.1) is 18.3 Å². The Balaban J connectivity index is 0. The molecule has 0 radical (unpaired) electrons. The summed E-state index contributed by atoms with van der Waals surface area (Å²) in [6.07, 6.45) is 5.32. The number of hydrogen-bond acceptors (Lipinski definition) is 2. The monoisotopic (exact) mass is 462 g/mol. The van der Waals surface area contributed by atoms with Gasteiger partial charge in [-0.3, -0.25) is 0 Å². The quantitative estimate of drug-likeness (QED) is 0.150. The first-order valence-electron chi connectivity index (χ1n) is 11.4. The topological polar surface area (TPSA) is 38.4 Å². The van der Waals surface area contributed by atoms with Gasteiger partial charge in [0, 0.05) is 4.90 Å². The van der Waals surface area contributed by atoms with E-state index in [4.69, 9.17) is 18.0 Å². The van der Waals surface area contributed by atoms with Crippen molar-refractivity contribution in [2.75, 3.05) is 0 Å². The molecule has 0 bridgehead atoms. The summed E-state index contributed by atoms with van der Waals surface area (Å²) in [5, 5.41) is 0. The molecule has 1 aromatic carbocycles. The Kier molecular flexibility index (Phi) is 17.6. The third kappa shape index (κ3) is 16.0. The molecule has 4 heteroatoms. The molecule has 176 valence electrons. The van der Waals surface area contributed by atoms with Crippen molar-refractivity contribution in [2.45, 2.75) is 93.4 Å². The van der Waals surface area contributed by atoms with Gasteiger partial charge in [0.05, 0.1) is 0 Å². The summed E-state index contributed by atoms with van der Waals surface area (Å²) in [7, 11) is 0. The van der Waals surface area contributed by atoms with Gasteiger partial charge >= 0.3 is 0 Å². The van der Waals surface area contributed by atoms with E-state index >= 15 is 0 Å². The Bertz CT molecular complexity index is 708. The molecule has 0 spiro atoms. The van der Waals surface area contributed by atoms with Gasteiger partial charge in [0.1, 0.15) is 5.84 Å². The van der Waals surface area contributed by atoms with Crippen molar-refractivity contribution in [3.05, 3.63) is 53.6 Å². The first kappa shape index (κ1) is 31.8. The fourth-order valence-corrected chi connectivity index (χ4v) is 2.93. The fraction of sp³-hybridized carbons (Fsp3) is 0.556. The van der Waals surface area contributed by atoms with E-state index in [0.717, 1.165) is 29.7 Å². The highest BCUT2D eigenvalue weighted by atomic mass is 32.2. The molecule has 0 aliphatic heterocycles. The lowest BCUT2D eigenvalue weighted by molar-refractivity contribution is 0.506. The Morgan fingerprint density at radius 2 is 1.68 bits per heavy atom. The zero-order valence-corrected chi connectivity index (χ0v) is 23.3. The standard InChI is InChI=1S/C18H26N2S2.C7H14.C2H6/c1-5-7-15(12-13(3)6-2)17(19)20-18(21)22-16-10-8-14(4)9-11-16;1-6(2)7(3,4)5;1-2/h8-13H,5-7H2,1-4H3,(H2,19,20,21);1H2,2-5H3;1-2H3/b15-12+;;. The Morgan fingerprint density at radius 1 is 1.19 bits per heavy atom. The summed E-state index contributed by atoms with van der Waals surface area (Å²) in [5.41, 5.74) is 10.1. The first-order valence-corrected chi connectivity index (χ1v) is 12.6. The lowest BCUT2D eigenvalue weighted by Crippen LogP contribution is -2.17. The van der Waals surface area contributed by atoms with Crippen LogP contribution in [0.2, 0.25) is 0 Å². The largest absolute Gasteiger partial charge is 0.383 e. The van der Waals surface area contributed by atoms with Crippen LogP contribution in [0.1, 0.15) is 87.1 Å². The van der Waals surface area contributed by atoms with Crippen molar-refractivity contribution in [3.8, 4) is 0 Å². The minimum Gasteiger partial charge on any atom is -0.383 e. The number of hydrogen-bond donors (Lipinski definition) is 1. The first-order chi connectivity index (χ1) is 14.4. The molecular formula is C27H46N2S2. The minimum atomic E-state index is 0.306. The van der Waals surface area contributed by atoms with Crippen LogP contribution in [0.5, 0.6) is 0 Å². The van der Waals surface area contributed by atoms with E-state index in [1.54, 1.807) is 0 Å². The zero-order chi connectivity index (χ0) is 24.6.